The largest absolute Gasteiger partial charge is 0.338 e. The maximum absolute atomic E-state index is 13.1. The summed E-state index contributed by atoms with van der Waals surface area (Å²) in [6, 6.07) is 8.16. The van der Waals surface area contributed by atoms with Gasteiger partial charge in [-0.05, 0) is 61.8 Å². The van der Waals surface area contributed by atoms with Crippen LogP contribution in [0, 0.1) is 5.92 Å². The third kappa shape index (κ3) is 3.13. The molecule has 0 aromatic carbocycles. The molecule has 2 aliphatic rings. The van der Waals surface area contributed by atoms with Gasteiger partial charge in [-0.3, -0.25) is 9.20 Å². The predicted octanol–water partition coefficient (Wildman–Crippen LogP) is 4.33. The first-order valence-electron chi connectivity index (χ1n) is 10.4. The van der Waals surface area contributed by atoms with E-state index in [4.69, 9.17) is 0 Å². The molecule has 1 atom stereocenters. The molecular weight excluding hydrogens is 368 g/mol. The molecule has 1 amide bonds. The van der Waals surface area contributed by atoms with Crippen molar-refractivity contribution < 1.29 is 4.79 Å². The molecule has 0 bridgehead atoms. The molecule has 1 fully saturated rings. The average molecular weight is 395 g/mol. The molecule has 0 unspecified atom stereocenters. The van der Waals surface area contributed by atoms with Crippen LogP contribution in [0.5, 0.6) is 0 Å². The smallest absolute Gasteiger partial charge is 0.263 e. The lowest BCUT2D eigenvalue weighted by atomic mass is 9.87. The Morgan fingerprint density at radius 3 is 2.89 bits per heavy atom. The van der Waals surface area contributed by atoms with E-state index in [0.717, 1.165) is 61.0 Å². The van der Waals surface area contributed by atoms with Gasteiger partial charge in [0.05, 0.1) is 4.88 Å². The van der Waals surface area contributed by atoms with E-state index in [-0.39, 0.29) is 5.91 Å². The summed E-state index contributed by atoms with van der Waals surface area (Å²) in [6.45, 7) is 3.87. The Morgan fingerprint density at radius 1 is 1.21 bits per heavy atom. The number of pyridine rings is 1. The first-order chi connectivity index (χ1) is 13.7. The third-order valence-corrected chi connectivity index (χ3v) is 7.69. The molecule has 1 aliphatic carbocycles. The lowest BCUT2D eigenvalue weighted by molar-refractivity contribution is 0.0715. The van der Waals surface area contributed by atoms with E-state index in [1.165, 1.54) is 23.3 Å². The zero-order valence-corrected chi connectivity index (χ0v) is 17.1. The summed E-state index contributed by atoms with van der Waals surface area (Å²) in [5.41, 5.74) is 2.32. The van der Waals surface area contributed by atoms with Crippen LogP contribution in [0.15, 0.2) is 30.5 Å². The molecule has 0 spiro atoms. The van der Waals surface area contributed by atoms with Crippen molar-refractivity contribution in [3.8, 4) is 0 Å². The van der Waals surface area contributed by atoms with Crippen molar-refractivity contribution in [1.29, 1.82) is 0 Å². The molecule has 146 valence electrons. The minimum atomic E-state index is 0.219. The lowest BCUT2D eigenvalue weighted by Gasteiger charge is -2.31. The Morgan fingerprint density at radius 2 is 2.07 bits per heavy atom. The Bertz CT molecular complexity index is 999. The molecular formula is C22H26N4OS. The van der Waals surface area contributed by atoms with Gasteiger partial charge in [0.2, 0.25) is 0 Å². The van der Waals surface area contributed by atoms with Crippen molar-refractivity contribution in [2.24, 2.45) is 5.92 Å². The van der Waals surface area contributed by atoms with Crippen LogP contribution in [0.2, 0.25) is 0 Å². The Hall–Kier alpha value is -2.21. The summed E-state index contributed by atoms with van der Waals surface area (Å²) in [7, 11) is 0. The number of amides is 1. The van der Waals surface area contributed by atoms with Crippen molar-refractivity contribution in [2.75, 3.05) is 13.1 Å². The van der Waals surface area contributed by atoms with E-state index >= 15 is 0 Å². The molecule has 3 aromatic rings. The number of hydrogen-bond acceptors (Lipinski definition) is 4. The number of hydrogen-bond donors (Lipinski definition) is 0. The van der Waals surface area contributed by atoms with Crippen molar-refractivity contribution in [3.63, 3.8) is 0 Å². The molecule has 0 radical (unpaired) electrons. The fourth-order valence-corrected chi connectivity index (χ4v) is 5.86. The number of rotatable bonds is 3. The fourth-order valence-electron chi connectivity index (χ4n) is 4.69. The topological polar surface area (TPSA) is 50.5 Å². The van der Waals surface area contributed by atoms with Crippen molar-refractivity contribution >= 4 is 22.9 Å². The van der Waals surface area contributed by atoms with Crippen LogP contribution in [-0.4, -0.2) is 38.5 Å². The van der Waals surface area contributed by atoms with Crippen LogP contribution in [0.25, 0.3) is 5.65 Å². The van der Waals surface area contributed by atoms with E-state index in [9.17, 15) is 4.79 Å². The van der Waals surface area contributed by atoms with Crippen LogP contribution >= 0.6 is 11.3 Å². The average Bonchev–Trinajstić information content (AvgIpc) is 3.37. The van der Waals surface area contributed by atoms with Gasteiger partial charge in [-0.25, -0.2) is 0 Å². The van der Waals surface area contributed by atoms with Gasteiger partial charge >= 0.3 is 0 Å². The number of aromatic nitrogens is 3. The minimum absolute atomic E-state index is 0.219. The van der Waals surface area contributed by atoms with Crippen LogP contribution in [-0.2, 0) is 12.8 Å². The van der Waals surface area contributed by atoms with E-state index in [0.29, 0.717) is 5.92 Å². The van der Waals surface area contributed by atoms with Gasteiger partial charge in [0.25, 0.3) is 5.91 Å². The number of thiophene rings is 1. The number of fused-ring (bicyclic) bond motifs is 2. The summed E-state index contributed by atoms with van der Waals surface area (Å²) in [6.07, 6.45) is 8.74. The number of carbonyl (C=O) groups is 1. The molecule has 1 saturated heterocycles. The van der Waals surface area contributed by atoms with Gasteiger partial charge in [-0.2, -0.15) is 0 Å². The minimum Gasteiger partial charge on any atom is -0.338 e. The van der Waals surface area contributed by atoms with E-state index in [2.05, 4.69) is 27.6 Å². The monoisotopic (exact) mass is 394 g/mol. The Kier molecular flexibility index (Phi) is 4.67. The first-order valence-corrected chi connectivity index (χ1v) is 11.2. The SMILES string of the molecule is CC[C@@H]1CCc2sc(C(=O)N3CCC(c4nnc5ccccn45)CC3)cc2C1. The molecule has 1 aliphatic heterocycles. The molecule has 5 nitrogen and oxygen atoms in total. The molecule has 5 rings (SSSR count). The van der Waals surface area contributed by atoms with E-state index in [1.807, 2.05) is 29.3 Å². The van der Waals surface area contributed by atoms with Crippen LogP contribution in [0.1, 0.15) is 64.5 Å². The summed E-state index contributed by atoms with van der Waals surface area (Å²) < 4.78 is 2.08. The zero-order chi connectivity index (χ0) is 19.1. The number of nitrogens with zero attached hydrogens (tertiary/aromatic N) is 4. The van der Waals surface area contributed by atoms with Crippen LogP contribution in [0.3, 0.4) is 0 Å². The molecule has 0 N–H and O–H groups in total. The number of aryl methyl sites for hydroxylation is 1. The molecule has 28 heavy (non-hydrogen) atoms. The Balaban J connectivity index is 1.27. The van der Waals surface area contributed by atoms with Crippen molar-refractivity contribution in [2.45, 2.75) is 51.4 Å². The van der Waals surface area contributed by atoms with Gasteiger partial charge < -0.3 is 4.90 Å². The van der Waals surface area contributed by atoms with Gasteiger partial charge in [0, 0.05) is 30.1 Å². The summed E-state index contributed by atoms with van der Waals surface area (Å²) in [4.78, 5) is 17.5. The predicted molar refractivity (Wildman–Crippen MR) is 111 cm³/mol. The maximum Gasteiger partial charge on any atom is 0.263 e. The number of piperidine rings is 1. The highest BCUT2D eigenvalue weighted by Crippen LogP contribution is 2.35. The summed E-state index contributed by atoms with van der Waals surface area (Å²) in [5.74, 6) is 2.40. The second kappa shape index (κ2) is 7.32. The van der Waals surface area contributed by atoms with Gasteiger partial charge in [0.15, 0.2) is 5.65 Å². The van der Waals surface area contributed by atoms with Gasteiger partial charge in [0.1, 0.15) is 5.82 Å². The second-order valence-electron chi connectivity index (χ2n) is 8.13. The molecule has 6 heteroatoms. The summed E-state index contributed by atoms with van der Waals surface area (Å²) in [5, 5.41) is 8.70. The quantitative estimate of drug-likeness (QED) is 0.664. The van der Waals surface area contributed by atoms with Gasteiger partial charge in [-0.1, -0.05) is 19.4 Å². The second-order valence-corrected chi connectivity index (χ2v) is 9.27. The highest BCUT2D eigenvalue weighted by molar-refractivity contribution is 7.14. The zero-order valence-electron chi connectivity index (χ0n) is 16.3. The molecule has 0 saturated carbocycles. The Labute approximate surface area is 169 Å². The van der Waals surface area contributed by atoms with Gasteiger partial charge in [-0.15, -0.1) is 21.5 Å². The van der Waals surface area contributed by atoms with Crippen molar-refractivity contribution in [1.82, 2.24) is 19.5 Å². The highest BCUT2D eigenvalue weighted by Gasteiger charge is 2.29. The third-order valence-electron chi connectivity index (χ3n) is 6.46. The first kappa shape index (κ1) is 17.9. The maximum atomic E-state index is 13.1. The van der Waals surface area contributed by atoms with Crippen LogP contribution in [0.4, 0.5) is 0 Å². The van der Waals surface area contributed by atoms with E-state index < -0.39 is 0 Å². The fraction of sp³-hybridized carbons (Fsp3) is 0.500. The van der Waals surface area contributed by atoms with Crippen molar-refractivity contribution in [3.05, 3.63) is 51.6 Å². The molecule has 4 heterocycles. The standard InChI is InChI=1S/C22H26N4OS/c1-2-15-6-7-18-17(13-15)14-19(28-18)22(27)25-11-8-16(9-12-25)21-24-23-20-5-3-4-10-26(20)21/h3-5,10,14-16H,2,6-9,11-13H2,1H3/t15-/m1/s1. The molecule has 3 aromatic heterocycles. The summed E-state index contributed by atoms with van der Waals surface area (Å²) >= 11 is 1.73. The normalized spacial score (nSPS) is 20.5. The number of likely N-dealkylation sites (tertiary alicyclic amines) is 1. The van der Waals surface area contributed by atoms with E-state index in [1.54, 1.807) is 11.3 Å². The highest BCUT2D eigenvalue weighted by atomic mass is 32.1. The van der Waals surface area contributed by atoms with Crippen LogP contribution < -0.4 is 0 Å². The number of carbonyl (C=O) groups excluding carboxylic acids is 1. The lowest BCUT2D eigenvalue weighted by Crippen LogP contribution is -2.37.